The van der Waals surface area contributed by atoms with E-state index in [1.165, 1.54) is 0 Å². The number of aromatic nitrogens is 1. The number of nitrogens with one attached hydrogen (secondary N) is 2. The molecule has 0 saturated carbocycles. The first kappa shape index (κ1) is 14.8. The first-order valence-electron chi connectivity index (χ1n) is 6.49. The van der Waals surface area contributed by atoms with Crippen LogP contribution >= 0.6 is 23.2 Å². The molecule has 0 radical (unpaired) electrons. The Morgan fingerprint density at radius 3 is 2.55 bits per heavy atom. The summed E-state index contributed by atoms with van der Waals surface area (Å²) in [6.07, 6.45) is 1.66. The number of aromatic amines is 1. The highest BCUT2D eigenvalue weighted by atomic mass is 35.5. The van der Waals surface area contributed by atoms with Crippen molar-refractivity contribution < 1.29 is 9.53 Å². The fraction of sp³-hybridized carbons (Fsp3) is 0.0625. The maximum atomic E-state index is 12.5. The Balaban J connectivity index is 1.94. The second kappa shape index (κ2) is 5.91. The van der Waals surface area contributed by atoms with Gasteiger partial charge >= 0.3 is 0 Å². The molecule has 0 atom stereocenters. The molecule has 1 amide bonds. The van der Waals surface area contributed by atoms with Crippen LogP contribution < -0.4 is 10.1 Å². The average Bonchev–Trinajstić information content (AvgIpc) is 2.88. The number of fused-ring (bicyclic) bond motifs is 1. The lowest BCUT2D eigenvalue weighted by molar-refractivity contribution is 0.102. The molecule has 0 unspecified atom stereocenters. The summed E-state index contributed by atoms with van der Waals surface area (Å²) in [4.78, 5) is 15.5. The van der Waals surface area contributed by atoms with Gasteiger partial charge in [0.1, 0.15) is 5.75 Å². The zero-order chi connectivity index (χ0) is 15.7. The Morgan fingerprint density at radius 1 is 1.14 bits per heavy atom. The van der Waals surface area contributed by atoms with E-state index < -0.39 is 0 Å². The van der Waals surface area contributed by atoms with Crippen LogP contribution in [0.15, 0.2) is 42.6 Å². The third kappa shape index (κ3) is 2.89. The zero-order valence-electron chi connectivity index (χ0n) is 11.6. The van der Waals surface area contributed by atoms with E-state index in [9.17, 15) is 4.79 Å². The second-order valence-corrected chi connectivity index (χ2v) is 5.60. The van der Waals surface area contributed by atoms with E-state index in [1.54, 1.807) is 31.5 Å². The molecule has 0 saturated heterocycles. The zero-order valence-corrected chi connectivity index (χ0v) is 13.1. The van der Waals surface area contributed by atoms with Crippen molar-refractivity contribution in [3.05, 3.63) is 58.2 Å². The maximum Gasteiger partial charge on any atom is 0.257 e. The van der Waals surface area contributed by atoms with Crippen molar-refractivity contribution in [1.29, 1.82) is 0 Å². The summed E-state index contributed by atoms with van der Waals surface area (Å²) in [6, 6.07) is 10.4. The summed E-state index contributed by atoms with van der Waals surface area (Å²) >= 11 is 11.9. The average molecular weight is 335 g/mol. The second-order valence-electron chi connectivity index (χ2n) is 4.73. The third-order valence-electron chi connectivity index (χ3n) is 3.25. The number of carbonyl (C=O) groups excluding carboxylic acids is 1. The van der Waals surface area contributed by atoms with E-state index in [0.717, 1.165) is 10.9 Å². The number of amides is 1. The number of anilines is 1. The Hall–Kier alpha value is -2.17. The number of hydrogen-bond acceptors (Lipinski definition) is 2. The van der Waals surface area contributed by atoms with Gasteiger partial charge in [-0.2, -0.15) is 0 Å². The lowest BCUT2D eigenvalue weighted by Crippen LogP contribution is -2.11. The third-order valence-corrected chi connectivity index (χ3v) is 3.69. The van der Waals surface area contributed by atoms with Crippen molar-refractivity contribution in [2.75, 3.05) is 12.4 Å². The van der Waals surface area contributed by atoms with E-state index >= 15 is 0 Å². The van der Waals surface area contributed by atoms with Crippen molar-refractivity contribution in [3.63, 3.8) is 0 Å². The molecule has 2 aromatic carbocycles. The van der Waals surface area contributed by atoms with E-state index in [0.29, 0.717) is 27.0 Å². The minimum Gasteiger partial charge on any atom is -0.497 e. The lowest BCUT2D eigenvalue weighted by atomic mass is 10.1. The number of hydrogen-bond donors (Lipinski definition) is 2. The van der Waals surface area contributed by atoms with Crippen molar-refractivity contribution >= 4 is 45.7 Å². The van der Waals surface area contributed by atoms with E-state index in [4.69, 9.17) is 27.9 Å². The molecule has 4 nitrogen and oxygen atoms in total. The fourth-order valence-corrected chi connectivity index (χ4v) is 2.77. The van der Waals surface area contributed by atoms with Gasteiger partial charge in [0.15, 0.2) is 0 Å². The minimum atomic E-state index is -0.252. The minimum absolute atomic E-state index is 0.252. The van der Waals surface area contributed by atoms with Gasteiger partial charge in [0.25, 0.3) is 5.91 Å². The summed E-state index contributed by atoms with van der Waals surface area (Å²) in [5, 5.41) is 4.49. The Bertz CT molecular complexity index is 838. The van der Waals surface area contributed by atoms with Crippen molar-refractivity contribution in [3.8, 4) is 5.75 Å². The van der Waals surface area contributed by atoms with Crippen LogP contribution in [0.1, 0.15) is 10.4 Å². The highest BCUT2D eigenvalue weighted by Crippen LogP contribution is 2.26. The number of ether oxygens (including phenoxy) is 1. The molecule has 22 heavy (non-hydrogen) atoms. The fourth-order valence-electron chi connectivity index (χ4n) is 2.24. The molecule has 0 aliphatic heterocycles. The van der Waals surface area contributed by atoms with Crippen LogP contribution in [0.3, 0.4) is 0 Å². The van der Waals surface area contributed by atoms with Crippen LogP contribution in [0.25, 0.3) is 10.9 Å². The molecule has 6 heteroatoms. The molecular weight excluding hydrogens is 323 g/mol. The van der Waals surface area contributed by atoms with Gasteiger partial charge in [-0.1, -0.05) is 23.2 Å². The van der Waals surface area contributed by atoms with Crippen LogP contribution in [-0.2, 0) is 0 Å². The predicted molar refractivity (Wildman–Crippen MR) is 89.3 cm³/mol. The summed E-state index contributed by atoms with van der Waals surface area (Å²) in [5.74, 6) is 0.435. The van der Waals surface area contributed by atoms with Gasteiger partial charge in [0, 0.05) is 32.8 Å². The Labute approximate surface area is 137 Å². The van der Waals surface area contributed by atoms with Gasteiger partial charge in [-0.05, 0) is 36.4 Å². The largest absolute Gasteiger partial charge is 0.497 e. The highest BCUT2D eigenvalue weighted by molar-refractivity contribution is 6.35. The number of rotatable bonds is 3. The molecule has 0 bridgehead atoms. The van der Waals surface area contributed by atoms with Gasteiger partial charge in [-0.3, -0.25) is 4.79 Å². The van der Waals surface area contributed by atoms with Crippen LogP contribution in [0.2, 0.25) is 10.0 Å². The molecule has 3 rings (SSSR count). The molecule has 0 aliphatic carbocycles. The Morgan fingerprint density at radius 2 is 1.86 bits per heavy atom. The number of benzene rings is 2. The van der Waals surface area contributed by atoms with E-state index in [1.807, 2.05) is 18.2 Å². The number of halogens is 2. The number of methoxy groups -OCH3 is 1. The van der Waals surface area contributed by atoms with Gasteiger partial charge in [0.05, 0.1) is 12.7 Å². The highest BCUT2D eigenvalue weighted by Gasteiger charge is 2.13. The summed E-state index contributed by atoms with van der Waals surface area (Å²) in [7, 11) is 1.58. The van der Waals surface area contributed by atoms with Gasteiger partial charge in [-0.15, -0.1) is 0 Å². The summed E-state index contributed by atoms with van der Waals surface area (Å²) in [6.45, 7) is 0. The summed E-state index contributed by atoms with van der Waals surface area (Å²) < 4.78 is 5.20. The molecule has 0 aliphatic rings. The first-order valence-corrected chi connectivity index (χ1v) is 7.25. The normalized spacial score (nSPS) is 10.7. The topological polar surface area (TPSA) is 54.1 Å². The maximum absolute atomic E-state index is 12.5. The van der Waals surface area contributed by atoms with Crippen molar-refractivity contribution in [2.24, 2.45) is 0 Å². The van der Waals surface area contributed by atoms with Crippen LogP contribution in [0, 0.1) is 0 Å². The summed E-state index contributed by atoms with van der Waals surface area (Å²) in [5.41, 5.74) is 1.92. The molecule has 1 heterocycles. The van der Waals surface area contributed by atoms with Gasteiger partial charge in [-0.25, -0.2) is 0 Å². The monoisotopic (exact) mass is 334 g/mol. The molecule has 1 aromatic heterocycles. The number of carbonyl (C=O) groups is 1. The standard InChI is InChI=1S/C16H12Cl2N2O2/c1-22-12-2-3-15-13(7-12)14(8-19-15)16(21)20-11-5-9(17)4-10(18)6-11/h2-8,19H,1H3,(H,20,21). The van der Waals surface area contributed by atoms with Crippen molar-refractivity contribution in [2.45, 2.75) is 0 Å². The predicted octanol–water partition coefficient (Wildman–Crippen LogP) is 4.74. The molecule has 3 aromatic rings. The van der Waals surface area contributed by atoms with Crippen LogP contribution in [0.4, 0.5) is 5.69 Å². The lowest BCUT2D eigenvalue weighted by Gasteiger charge is -2.06. The van der Waals surface area contributed by atoms with Gasteiger partial charge in [0.2, 0.25) is 0 Å². The van der Waals surface area contributed by atoms with Crippen molar-refractivity contribution in [1.82, 2.24) is 4.98 Å². The van der Waals surface area contributed by atoms with Crippen LogP contribution in [-0.4, -0.2) is 18.0 Å². The molecular formula is C16H12Cl2N2O2. The van der Waals surface area contributed by atoms with E-state index in [-0.39, 0.29) is 5.91 Å². The molecule has 0 fully saturated rings. The molecule has 2 N–H and O–H groups in total. The molecule has 112 valence electrons. The van der Waals surface area contributed by atoms with E-state index in [2.05, 4.69) is 10.3 Å². The number of H-pyrrole nitrogens is 1. The molecule has 0 spiro atoms. The van der Waals surface area contributed by atoms with Gasteiger partial charge < -0.3 is 15.0 Å². The SMILES string of the molecule is COc1ccc2[nH]cc(C(=O)Nc3cc(Cl)cc(Cl)c3)c2c1. The quantitative estimate of drug-likeness (QED) is 0.727. The smallest absolute Gasteiger partial charge is 0.257 e. The van der Waals surface area contributed by atoms with Crippen LogP contribution in [0.5, 0.6) is 5.75 Å². The first-order chi connectivity index (χ1) is 10.6. The Kier molecular flexibility index (Phi) is 3.96.